The maximum absolute atomic E-state index is 3.31. The van der Waals surface area contributed by atoms with Crippen molar-refractivity contribution in [1.82, 2.24) is 5.32 Å². The average molecular weight is 219 g/mol. The number of benzene rings is 2. The summed E-state index contributed by atoms with van der Waals surface area (Å²) in [5, 5.41) is 5.85. The van der Waals surface area contributed by atoms with Crippen LogP contribution in [0.2, 0.25) is 0 Å². The van der Waals surface area contributed by atoms with Gasteiger partial charge in [0.05, 0.1) is 0 Å². The summed E-state index contributed by atoms with van der Waals surface area (Å²) in [5.74, 6) is 0. The largest absolute Gasteiger partial charge is 0.361 e. The van der Waals surface area contributed by atoms with Gasteiger partial charge in [0.2, 0.25) is 0 Å². The van der Waals surface area contributed by atoms with Crippen LogP contribution in [0.5, 0.6) is 0 Å². The molecule has 1 aliphatic rings. The van der Waals surface area contributed by atoms with E-state index in [1.165, 1.54) is 16.3 Å². The molecule has 0 unspecified atom stereocenters. The minimum Gasteiger partial charge on any atom is -0.361 e. The Morgan fingerprint density at radius 1 is 0.765 bits per heavy atom. The van der Waals surface area contributed by atoms with E-state index in [0.29, 0.717) is 0 Å². The number of allylic oxidation sites excluding steroid dienone is 4. The number of rotatable bonds is 1. The standard InChI is InChI=1S/C16H13N/c1-2-11-16(17-12-5-1)15-10-6-8-13-7-3-4-9-14(13)15/h1-12,17H. The summed E-state index contributed by atoms with van der Waals surface area (Å²) in [6.07, 6.45) is 10.1. The quantitative estimate of drug-likeness (QED) is 0.768. The molecular weight excluding hydrogens is 206 g/mol. The highest BCUT2D eigenvalue weighted by atomic mass is 14.8. The van der Waals surface area contributed by atoms with Crippen LogP contribution in [0.15, 0.2) is 73.0 Å². The second-order valence-electron chi connectivity index (χ2n) is 4.00. The molecule has 0 atom stereocenters. The third-order valence-electron chi connectivity index (χ3n) is 2.90. The van der Waals surface area contributed by atoms with E-state index in [9.17, 15) is 0 Å². The minimum absolute atomic E-state index is 1.13. The molecule has 2 aromatic rings. The molecule has 0 fully saturated rings. The molecule has 0 saturated carbocycles. The Morgan fingerprint density at radius 2 is 1.65 bits per heavy atom. The topological polar surface area (TPSA) is 12.0 Å². The van der Waals surface area contributed by atoms with Gasteiger partial charge in [-0.3, -0.25) is 0 Å². The Kier molecular flexibility index (Phi) is 2.51. The molecule has 0 radical (unpaired) electrons. The first-order valence-electron chi connectivity index (χ1n) is 5.73. The van der Waals surface area contributed by atoms with Gasteiger partial charge in [-0.15, -0.1) is 0 Å². The number of fused-ring (bicyclic) bond motifs is 1. The predicted octanol–water partition coefficient (Wildman–Crippen LogP) is 3.85. The first kappa shape index (κ1) is 9.91. The van der Waals surface area contributed by atoms with E-state index in [-0.39, 0.29) is 0 Å². The predicted molar refractivity (Wildman–Crippen MR) is 73.3 cm³/mol. The summed E-state index contributed by atoms with van der Waals surface area (Å²) in [7, 11) is 0. The van der Waals surface area contributed by atoms with Crippen LogP contribution in [0.1, 0.15) is 5.56 Å². The van der Waals surface area contributed by atoms with Crippen molar-refractivity contribution >= 4 is 16.5 Å². The second-order valence-corrected chi connectivity index (χ2v) is 4.00. The fourth-order valence-electron chi connectivity index (χ4n) is 2.09. The molecule has 17 heavy (non-hydrogen) atoms. The van der Waals surface area contributed by atoms with Crippen molar-refractivity contribution in [2.75, 3.05) is 0 Å². The van der Waals surface area contributed by atoms with E-state index in [1.807, 2.05) is 24.4 Å². The van der Waals surface area contributed by atoms with E-state index in [2.05, 4.69) is 53.9 Å². The number of hydrogen-bond donors (Lipinski definition) is 1. The zero-order valence-electron chi connectivity index (χ0n) is 9.43. The molecule has 2 aromatic carbocycles. The lowest BCUT2D eigenvalue weighted by atomic mass is 10.0. The van der Waals surface area contributed by atoms with Crippen molar-refractivity contribution in [3.63, 3.8) is 0 Å². The van der Waals surface area contributed by atoms with Crippen LogP contribution in [-0.2, 0) is 0 Å². The lowest BCUT2D eigenvalue weighted by molar-refractivity contribution is 1.23. The Bertz CT molecular complexity index is 628. The van der Waals surface area contributed by atoms with Gasteiger partial charge < -0.3 is 5.32 Å². The highest BCUT2D eigenvalue weighted by Gasteiger charge is 2.04. The van der Waals surface area contributed by atoms with Crippen LogP contribution in [0.3, 0.4) is 0 Å². The van der Waals surface area contributed by atoms with Crippen LogP contribution in [0, 0.1) is 0 Å². The van der Waals surface area contributed by atoms with Crippen LogP contribution in [0.4, 0.5) is 0 Å². The first-order chi connectivity index (χ1) is 8.45. The van der Waals surface area contributed by atoms with E-state index < -0.39 is 0 Å². The van der Waals surface area contributed by atoms with Gasteiger partial charge in [-0.2, -0.15) is 0 Å². The average Bonchev–Trinajstić information content (AvgIpc) is 2.67. The fourth-order valence-corrected chi connectivity index (χ4v) is 2.09. The molecule has 0 aromatic heterocycles. The normalized spacial score (nSPS) is 14.2. The highest BCUT2D eigenvalue weighted by molar-refractivity contribution is 5.93. The smallest absolute Gasteiger partial charge is 0.0459 e. The molecule has 0 saturated heterocycles. The van der Waals surface area contributed by atoms with Gasteiger partial charge in [0.1, 0.15) is 0 Å². The molecule has 1 N–H and O–H groups in total. The van der Waals surface area contributed by atoms with E-state index in [0.717, 1.165) is 5.70 Å². The molecule has 82 valence electrons. The van der Waals surface area contributed by atoms with Crippen LogP contribution in [-0.4, -0.2) is 0 Å². The molecule has 0 amide bonds. The lowest BCUT2D eigenvalue weighted by Crippen LogP contribution is -2.03. The van der Waals surface area contributed by atoms with Gasteiger partial charge in [0.25, 0.3) is 0 Å². The van der Waals surface area contributed by atoms with Gasteiger partial charge >= 0.3 is 0 Å². The molecule has 1 heterocycles. The molecule has 1 heteroatoms. The van der Waals surface area contributed by atoms with Crippen LogP contribution < -0.4 is 5.32 Å². The Balaban J connectivity index is 2.20. The third kappa shape index (κ3) is 1.87. The van der Waals surface area contributed by atoms with Crippen molar-refractivity contribution in [3.8, 4) is 0 Å². The Morgan fingerprint density at radius 3 is 2.65 bits per heavy atom. The van der Waals surface area contributed by atoms with Crippen molar-refractivity contribution in [3.05, 3.63) is 78.5 Å². The van der Waals surface area contributed by atoms with Gasteiger partial charge in [0.15, 0.2) is 0 Å². The monoisotopic (exact) mass is 219 g/mol. The lowest BCUT2D eigenvalue weighted by Gasteiger charge is -2.10. The molecular formula is C16H13N. The number of nitrogens with one attached hydrogen (secondary N) is 1. The molecule has 1 aliphatic heterocycles. The van der Waals surface area contributed by atoms with Crippen LogP contribution in [0.25, 0.3) is 16.5 Å². The fraction of sp³-hybridized carbons (Fsp3) is 0. The molecule has 0 spiro atoms. The minimum atomic E-state index is 1.13. The zero-order valence-corrected chi connectivity index (χ0v) is 9.43. The highest BCUT2D eigenvalue weighted by Crippen LogP contribution is 2.24. The van der Waals surface area contributed by atoms with E-state index in [4.69, 9.17) is 0 Å². The molecule has 0 aliphatic carbocycles. The summed E-state index contributed by atoms with van der Waals surface area (Å²) in [5.41, 5.74) is 2.37. The van der Waals surface area contributed by atoms with Crippen molar-refractivity contribution in [1.29, 1.82) is 0 Å². The van der Waals surface area contributed by atoms with E-state index >= 15 is 0 Å². The van der Waals surface area contributed by atoms with Gasteiger partial charge in [-0.1, -0.05) is 54.6 Å². The van der Waals surface area contributed by atoms with E-state index in [1.54, 1.807) is 0 Å². The molecule has 1 nitrogen and oxygen atoms in total. The summed E-state index contributed by atoms with van der Waals surface area (Å²) < 4.78 is 0. The zero-order chi connectivity index (χ0) is 11.5. The van der Waals surface area contributed by atoms with Gasteiger partial charge in [0, 0.05) is 17.5 Å². The summed E-state index contributed by atoms with van der Waals surface area (Å²) in [6.45, 7) is 0. The number of hydrogen-bond acceptors (Lipinski definition) is 1. The Labute approximate surface area is 101 Å². The second kappa shape index (κ2) is 4.30. The Hall–Kier alpha value is -2.28. The van der Waals surface area contributed by atoms with Crippen LogP contribution >= 0.6 is 0 Å². The van der Waals surface area contributed by atoms with Gasteiger partial charge in [-0.25, -0.2) is 0 Å². The van der Waals surface area contributed by atoms with Crippen molar-refractivity contribution < 1.29 is 0 Å². The maximum Gasteiger partial charge on any atom is 0.0459 e. The third-order valence-corrected chi connectivity index (χ3v) is 2.90. The van der Waals surface area contributed by atoms with Crippen molar-refractivity contribution in [2.24, 2.45) is 0 Å². The summed E-state index contributed by atoms with van der Waals surface area (Å²) in [4.78, 5) is 0. The van der Waals surface area contributed by atoms with Gasteiger partial charge in [-0.05, 0) is 22.9 Å². The summed E-state index contributed by atoms with van der Waals surface area (Å²) >= 11 is 0. The maximum atomic E-state index is 3.31. The first-order valence-corrected chi connectivity index (χ1v) is 5.73. The summed E-state index contributed by atoms with van der Waals surface area (Å²) in [6, 6.07) is 14.8. The van der Waals surface area contributed by atoms with Crippen molar-refractivity contribution in [2.45, 2.75) is 0 Å². The SMILES string of the molecule is C1=CC=C(c2cccc3ccccc23)NC=C1. The molecule has 0 bridgehead atoms. The molecule has 3 rings (SSSR count).